The van der Waals surface area contributed by atoms with E-state index in [2.05, 4.69) is 79.7 Å². The molecule has 3 N–H and O–H groups in total. The molecule has 1 aliphatic rings. The SMILES string of the molecule is CCN(CC)c1cc(Nc2nc(Nc3cc(N(CC)CC)c(OC)cc3N=Nc3snc4sc(S(=O)(=O)O)c(OC)c34)nc(SC3CCCCC3)n2)c(N=Nc2snc3sc(S)c(OC)c23)cc1OC. The summed E-state index contributed by atoms with van der Waals surface area (Å²) in [6.45, 7) is 11.1. The summed E-state index contributed by atoms with van der Waals surface area (Å²) in [7, 11) is 1.52. The fraction of sp³-hybridized carbons (Fsp3) is 0.419. The number of ether oxygens (including phenoxy) is 4. The standard InChI is InChI=1S/C43H51N13O7S7/c1-9-55(10-2)27-18-23(25(20-29(27)60-5)49-51-35-31-33(62-7)39(64)66-37(31)53-68-35)44-41-46-42(48-43(47-41)65-22-16-14-13-15-17-22)45-24-19-28(56(11-3)12-4)30(61-6)21-26(24)50-52-36-32-34(63-8)40(70(57,58)59)67-38(32)54-69-36/h18-22,64H,9-17H2,1-8H3,(H,57,58,59)(H2,44,45,46,47,48). The number of thiophene rings is 2. The van der Waals surface area contributed by atoms with Crippen molar-refractivity contribution in [1.82, 2.24) is 23.7 Å². The predicted molar refractivity (Wildman–Crippen MR) is 286 cm³/mol. The van der Waals surface area contributed by atoms with Gasteiger partial charge in [-0.15, -0.1) is 44.4 Å². The van der Waals surface area contributed by atoms with Crippen LogP contribution in [0, 0.1) is 0 Å². The highest BCUT2D eigenvalue weighted by molar-refractivity contribution is 7.99. The van der Waals surface area contributed by atoms with E-state index in [0.29, 0.717) is 82.9 Å². The molecule has 0 atom stereocenters. The monoisotopic (exact) mass is 1090 g/mol. The Morgan fingerprint density at radius 3 is 1.64 bits per heavy atom. The maximum absolute atomic E-state index is 12.2. The number of nitrogens with one attached hydrogen (secondary N) is 2. The largest absolute Gasteiger partial charge is 0.494 e. The normalized spacial score (nSPS) is 13.5. The highest BCUT2D eigenvalue weighted by Gasteiger charge is 2.28. The van der Waals surface area contributed by atoms with Crippen LogP contribution in [-0.2, 0) is 10.1 Å². The van der Waals surface area contributed by atoms with Gasteiger partial charge in [-0.25, -0.2) is 0 Å². The van der Waals surface area contributed by atoms with Crippen molar-refractivity contribution in [2.75, 3.05) is 75.1 Å². The van der Waals surface area contributed by atoms with Gasteiger partial charge in [0, 0.05) is 43.6 Å². The molecule has 8 rings (SSSR count). The zero-order chi connectivity index (χ0) is 49.7. The first-order valence-electron chi connectivity index (χ1n) is 22.2. The van der Waals surface area contributed by atoms with Gasteiger partial charge in [-0.1, -0.05) is 42.4 Å². The molecule has 0 spiro atoms. The number of thioether (sulfide) groups is 1. The Labute approximate surface area is 430 Å². The topological polar surface area (TPSA) is 236 Å². The molecule has 70 heavy (non-hydrogen) atoms. The molecule has 0 amide bonds. The van der Waals surface area contributed by atoms with Crippen molar-refractivity contribution in [2.24, 2.45) is 20.5 Å². The minimum absolute atomic E-state index is 0.0625. The summed E-state index contributed by atoms with van der Waals surface area (Å²) in [5.74, 6) is 2.15. The molecular weight excluding hydrogens is 1040 g/mol. The number of benzene rings is 2. The Hall–Kier alpha value is -5.16. The minimum atomic E-state index is -4.60. The third-order valence-electron chi connectivity index (χ3n) is 11.4. The summed E-state index contributed by atoms with van der Waals surface area (Å²) in [5, 5.41) is 28.3. The number of azo groups is 2. The second-order valence-electron chi connectivity index (χ2n) is 15.4. The van der Waals surface area contributed by atoms with Gasteiger partial charge in [0.1, 0.15) is 36.7 Å². The van der Waals surface area contributed by atoms with Crippen LogP contribution in [-0.4, -0.2) is 96.5 Å². The van der Waals surface area contributed by atoms with E-state index < -0.39 is 10.1 Å². The lowest BCUT2D eigenvalue weighted by atomic mass is 10.0. The van der Waals surface area contributed by atoms with Crippen LogP contribution in [0.5, 0.6) is 23.0 Å². The van der Waals surface area contributed by atoms with Gasteiger partial charge < -0.3 is 39.4 Å². The first kappa shape index (κ1) is 51.2. The van der Waals surface area contributed by atoms with Gasteiger partial charge in [0.2, 0.25) is 11.9 Å². The van der Waals surface area contributed by atoms with E-state index in [1.807, 2.05) is 18.2 Å². The fourth-order valence-electron chi connectivity index (χ4n) is 7.95. The lowest BCUT2D eigenvalue weighted by Gasteiger charge is -2.25. The number of fused-ring (bicyclic) bond motifs is 2. The van der Waals surface area contributed by atoms with Crippen molar-refractivity contribution >= 4 is 157 Å². The summed E-state index contributed by atoms with van der Waals surface area (Å²) in [6, 6.07) is 7.45. The van der Waals surface area contributed by atoms with E-state index in [-0.39, 0.29) is 26.9 Å². The molecule has 1 fully saturated rings. The quantitative estimate of drug-likeness (QED) is 0.0297. The lowest BCUT2D eigenvalue weighted by molar-refractivity contribution is 0.406. The number of nitrogens with zero attached hydrogens (tertiary/aromatic N) is 11. The molecule has 0 radical (unpaired) electrons. The molecule has 20 nitrogen and oxygen atoms in total. The summed E-state index contributed by atoms with van der Waals surface area (Å²) < 4.78 is 66.6. The van der Waals surface area contributed by atoms with Crippen molar-refractivity contribution in [3.63, 3.8) is 0 Å². The van der Waals surface area contributed by atoms with Gasteiger partial charge in [-0.3, -0.25) is 4.55 Å². The average molecular weight is 1090 g/mol. The van der Waals surface area contributed by atoms with Crippen LogP contribution >= 0.6 is 70.1 Å². The van der Waals surface area contributed by atoms with Crippen molar-refractivity contribution in [1.29, 1.82) is 0 Å². The van der Waals surface area contributed by atoms with Gasteiger partial charge >= 0.3 is 10.1 Å². The molecule has 1 saturated carbocycles. The van der Waals surface area contributed by atoms with Crippen LogP contribution in [0.2, 0.25) is 0 Å². The average Bonchev–Trinajstić information content (AvgIpc) is 4.12. The number of methoxy groups -OCH3 is 4. The van der Waals surface area contributed by atoms with E-state index in [1.165, 1.54) is 36.4 Å². The smallest absolute Gasteiger partial charge is 0.307 e. The van der Waals surface area contributed by atoms with Crippen LogP contribution < -0.4 is 39.4 Å². The number of thiol groups is 1. The highest BCUT2D eigenvalue weighted by Crippen LogP contribution is 2.50. The van der Waals surface area contributed by atoms with Crippen LogP contribution in [0.25, 0.3) is 20.4 Å². The second kappa shape index (κ2) is 22.5. The maximum Gasteiger partial charge on any atom is 0.307 e. The Balaban J connectivity index is 1.25. The zero-order valence-corrected chi connectivity index (χ0v) is 45.3. The third-order valence-corrected chi connectivity index (χ3v) is 18.0. The molecule has 27 heteroatoms. The van der Waals surface area contributed by atoms with Gasteiger partial charge in [0.15, 0.2) is 30.9 Å². The van der Waals surface area contributed by atoms with E-state index >= 15 is 0 Å². The molecule has 0 saturated heterocycles. The van der Waals surface area contributed by atoms with E-state index in [9.17, 15) is 13.0 Å². The molecule has 1 aliphatic carbocycles. The molecule has 7 aromatic rings. The number of rotatable bonds is 21. The van der Waals surface area contributed by atoms with Crippen molar-refractivity contribution in [2.45, 2.75) is 78.6 Å². The second-order valence-corrected chi connectivity index (χ2v) is 22.5. The van der Waals surface area contributed by atoms with Crippen molar-refractivity contribution < 1.29 is 31.9 Å². The molecule has 5 aromatic heterocycles. The summed E-state index contributed by atoms with van der Waals surface area (Å²) in [4.78, 5) is 20.3. The van der Waals surface area contributed by atoms with Crippen molar-refractivity contribution in [3.05, 3.63) is 24.3 Å². The number of aromatic nitrogens is 5. The molecule has 2 aromatic carbocycles. The molecular formula is C43H51N13O7S7. The number of anilines is 6. The fourth-order valence-corrected chi connectivity index (χ4v) is 14.0. The molecule has 5 heterocycles. The summed E-state index contributed by atoms with van der Waals surface area (Å²) in [5.41, 5.74) is 3.47. The maximum atomic E-state index is 12.2. The van der Waals surface area contributed by atoms with Gasteiger partial charge in [-0.05, 0) is 75.7 Å². The zero-order valence-electron chi connectivity index (χ0n) is 39.5. The molecule has 0 aliphatic heterocycles. The summed E-state index contributed by atoms with van der Waals surface area (Å²) in [6.07, 6.45) is 5.52. The van der Waals surface area contributed by atoms with Gasteiger partial charge in [-0.2, -0.15) is 32.1 Å². The van der Waals surface area contributed by atoms with Gasteiger partial charge in [0.05, 0.1) is 62.0 Å². The molecule has 372 valence electrons. The summed E-state index contributed by atoms with van der Waals surface area (Å²) >= 11 is 10.6. The van der Waals surface area contributed by atoms with Crippen LogP contribution in [0.3, 0.4) is 0 Å². The molecule has 0 bridgehead atoms. The van der Waals surface area contributed by atoms with E-state index in [0.717, 1.165) is 83.2 Å². The first-order valence-corrected chi connectivity index (χ1v) is 28.1. The predicted octanol–water partition coefficient (Wildman–Crippen LogP) is 13.2. The third kappa shape index (κ3) is 10.8. The Bertz CT molecular complexity index is 3160. The highest BCUT2D eigenvalue weighted by atomic mass is 32.3. The van der Waals surface area contributed by atoms with Gasteiger partial charge in [0.25, 0.3) is 0 Å². The first-order chi connectivity index (χ1) is 33.8. The Morgan fingerprint density at radius 1 is 0.700 bits per heavy atom. The number of hydrogen-bond donors (Lipinski definition) is 4. The number of hydrogen-bond acceptors (Lipinski definition) is 25. The van der Waals surface area contributed by atoms with E-state index in [1.54, 1.807) is 39.2 Å². The Morgan fingerprint density at radius 2 is 1.19 bits per heavy atom. The lowest BCUT2D eigenvalue weighted by Crippen LogP contribution is -2.22. The van der Waals surface area contributed by atoms with E-state index in [4.69, 9.17) is 44.1 Å². The molecule has 0 unspecified atom stereocenters. The minimum Gasteiger partial charge on any atom is -0.494 e. The van der Waals surface area contributed by atoms with Crippen molar-refractivity contribution in [3.8, 4) is 23.0 Å². The van der Waals surface area contributed by atoms with Crippen LogP contribution in [0.15, 0.2) is 58.3 Å². The van der Waals surface area contributed by atoms with Crippen LogP contribution in [0.4, 0.5) is 56.0 Å². The van der Waals surface area contributed by atoms with Crippen LogP contribution in [0.1, 0.15) is 59.8 Å². The Kier molecular flexibility index (Phi) is 16.5.